The summed E-state index contributed by atoms with van der Waals surface area (Å²) in [5, 5.41) is 9.98. The number of hydrogen-bond donors (Lipinski definition) is 2. The molecule has 0 saturated heterocycles. The van der Waals surface area contributed by atoms with Crippen molar-refractivity contribution in [3.8, 4) is 0 Å². The van der Waals surface area contributed by atoms with Crippen molar-refractivity contribution in [3.63, 3.8) is 0 Å². The van der Waals surface area contributed by atoms with Gasteiger partial charge in [0.05, 0.1) is 6.61 Å². The number of aliphatic hydroxyl groups excluding tert-OH is 1. The molecule has 1 saturated carbocycles. The van der Waals surface area contributed by atoms with Crippen molar-refractivity contribution in [2.75, 3.05) is 6.61 Å². The third kappa shape index (κ3) is 2.84. The third-order valence-electron chi connectivity index (χ3n) is 3.48. The van der Waals surface area contributed by atoms with Gasteiger partial charge in [0.25, 0.3) is 0 Å². The maximum absolute atomic E-state index is 9.38. The molecule has 0 aliphatic heterocycles. The van der Waals surface area contributed by atoms with Crippen molar-refractivity contribution >= 4 is 11.8 Å². The number of benzene rings is 1. The quantitative estimate of drug-likeness (QED) is 0.791. The Balaban J connectivity index is 2.07. The lowest BCUT2D eigenvalue weighted by Crippen LogP contribution is -2.25. The molecule has 1 aromatic carbocycles. The van der Waals surface area contributed by atoms with Crippen LogP contribution in [0.25, 0.3) is 0 Å². The van der Waals surface area contributed by atoms with Crippen LogP contribution in [0.1, 0.15) is 38.3 Å². The van der Waals surface area contributed by atoms with Crippen LogP contribution >= 0.6 is 11.8 Å². The van der Waals surface area contributed by atoms with E-state index in [1.54, 1.807) is 0 Å². The van der Waals surface area contributed by atoms with E-state index in [9.17, 15) is 5.11 Å². The van der Waals surface area contributed by atoms with Crippen LogP contribution in [-0.2, 0) is 0 Å². The number of hydrogen-bond acceptors (Lipinski definition) is 3. The molecule has 2 rings (SSSR count). The summed E-state index contributed by atoms with van der Waals surface area (Å²) >= 11 is 1.86. The second-order valence-corrected chi connectivity index (χ2v) is 6.88. The lowest BCUT2D eigenvalue weighted by atomic mass is 9.92. The first-order valence-electron chi connectivity index (χ1n) is 6.20. The summed E-state index contributed by atoms with van der Waals surface area (Å²) < 4.78 is 0. The lowest BCUT2D eigenvalue weighted by molar-refractivity contribution is 0.187. The fourth-order valence-electron chi connectivity index (χ4n) is 2.11. The van der Waals surface area contributed by atoms with Crippen molar-refractivity contribution < 1.29 is 5.11 Å². The Morgan fingerprint density at radius 2 is 1.88 bits per heavy atom. The molecule has 0 amide bonds. The van der Waals surface area contributed by atoms with Crippen molar-refractivity contribution in [2.24, 2.45) is 11.1 Å². The highest BCUT2D eigenvalue weighted by molar-refractivity contribution is 7.99. The van der Waals surface area contributed by atoms with Crippen LogP contribution in [0, 0.1) is 5.41 Å². The van der Waals surface area contributed by atoms with E-state index in [0.29, 0.717) is 5.25 Å². The number of thioether (sulfide) groups is 1. The summed E-state index contributed by atoms with van der Waals surface area (Å²) in [5.74, 6) is 0. The fourth-order valence-corrected chi connectivity index (χ4v) is 2.95. The van der Waals surface area contributed by atoms with E-state index in [4.69, 9.17) is 5.73 Å². The first kappa shape index (κ1) is 12.9. The summed E-state index contributed by atoms with van der Waals surface area (Å²) in [6.07, 6.45) is 2.10. The van der Waals surface area contributed by atoms with Gasteiger partial charge in [-0.3, -0.25) is 0 Å². The normalized spacial score (nSPS) is 19.4. The molecule has 0 spiro atoms. The number of rotatable bonds is 5. The van der Waals surface area contributed by atoms with Crippen LogP contribution in [-0.4, -0.2) is 17.0 Å². The van der Waals surface area contributed by atoms with Gasteiger partial charge in [0.15, 0.2) is 0 Å². The second kappa shape index (κ2) is 5.01. The molecule has 0 heterocycles. The molecular formula is C14H21NOS. The van der Waals surface area contributed by atoms with Crippen LogP contribution in [0.3, 0.4) is 0 Å². The molecule has 2 nitrogen and oxygen atoms in total. The molecule has 1 atom stereocenters. The Bertz CT molecular complexity index is 370. The Morgan fingerprint density at radius 3 is 2.29 bits per heavy atom. The largest absolute Gasteiger partial charge is 0.396 e. The Labute approximate surface area is 108 Å². The highest BCUT2D eigenvalue weighted by Crippen LogP contribution is 2.53. The van der Waals surface area contributed by atoms with Crippen LogP contribution in [0.5, 0.6) is 0 Å². The molecule has 3 heteroatoms. The lowest BCUT2D eigenvalue weighted by Gasteiger charge is -2.21. The van der Waals surface area contributed by atoms with Crippen LogP contribution in [0.4, 0.5) is 0 Å². The molecule has 0 radical (unpaired) electrons. The maximum Gasteiger partial charge on any atom is 0.0505 e. The summed E-state index contributed by atoms with van der Waals surface area (Å²) in [6.45, 7) is 4.58. The van der Waals surface area contributed by atoms with Gasteiger partial charge in [0.2, 0.25) is 0 Å². The van der Waals surface area contributed by atoms with Crippen LogP contribution in [0.15, 0.2) is 29.2 Å². The topological polar surface area (TPSA) is 46.2 Å². The first-order valence-corrected chi connectivity index (χ1v) is 7.08. The van der Waals surface area contributed by atoms with Crippen molar-refractivity contribution in [1.29, 1.82) is 0 Å². The molecule has 1 aliphatic rings. The van der Waals surface area contributed by atoms with Gasteiger partial charge in [-0.2, -0.15) is 0 Å². The fraction of sp³-hybridized carbons (Fsp3) is 0.571. The molecule has 0 bridgehead atoms. The molecule has 17 heavy (non-hydrogen) atoms. The molecule has 1 aromatic rings. The summed E-state index contributed by atoms with van der Waals surface area (Å²) in [7, 11) is 0. The predicted molar refractivity (Wildman–Crippen MR) is 73.1 cm³/mol. The van der Waals surface area contributed by atoms with Gasteiger partial charge >= 0.3 is 0 Å². The number of aliphatic hydroxyl groups is 1. The molecule has 0 aromatic heterocycles. The first-order chi connectivity index (χ1) is 8.07. The smallest absolute Gasteiger partial charge is 0.0505 e. The SMILES string of the molecule is CC(C)Sc1ccc(C(N)C2(CO)CC2)cc1. The average molecular weight is 251 g/mol. The number of nitrogens with two attached hydrogens (primary N) is 1. The molecular weight excluding hydrogens is 230 g/mol. The summed E-state index contributed by atoms with van der Waals surface area (Å²) in [4.78, 5) is 1.28. The standard InChI is InChI=1S/C14H21NOS/c1-10(2)17-12-5-3-11(4-6-12)13(15)14(9-16)7-8-14/h3-6,10,13,16H,7-9,15H2,1-2H3. The minimum absolute atomic E-state index is 0.0226. The minimum Gasteiger partial charge on any atom is -0.396 e. The van der Waals surface area contributed by atoms with E-state index in [-0.39, 0.29) is 18.1 Å². The monoisotopic (exact) mass is 251 g/mol. The van der Waals surface area contributed by atoms with Gasteiger partial charge in [0.1, 0.15) is 0 Å². The third-order valence-corrected chi connectivity index (χ3v) is 4.49. The minimum atomic E-state index is -0.0350. The average Bonchev–Trinajstić information content (AvgIpc) is 3.09. The van der Waals surface area contributed by atoms with Gasteiger partial charge in [-0.1, -0.05) is 26.0 Å². The van der Waals surface area contributed by atoms with Gasteiger partial charge < -0.3 is 10.8 Å². The summed E-state index contributed by atoms with van der Waals surface area (Å²) in [5.41, 5.74) is 7.34. The van der Waals surface area contributed by atoms with Gasteiger partial charge in [-0.25, -0.2) is 0 Å². The molecule has 1 aliphatic carbocycles. The van der Waals surface area contributed by atoms with E-state index < -0.39 is 0 Å². The van der Waals surface area contributed by atoms with Crippen molar-refractivity contribution in [1.82, 2.24) is 0 Å². The molecule has 1 fully saturated rings. The zero-order chi connectivity index (χ0) is 12.5. The zero-order valence-electron chi connectivity index (χ0n) is 10.5. The van der Waals surface area contributed by atoms with Crippen LogP contribution < -0.4 is 5.73 Å². The molecule has 94 valence electrons. The van der Waals surface area contributed by atoms with E-state index in [1.807, 2.05) is 11.8 Å². The maximum atomic E-state index is 9.38. The zero-order valence-corrected chi connectivity index (χ0v) is 11.3. The van der Waals surface area contributed by atoms with Crippen LogP contribution in [0.2, 0.25) is 0 Å². The molecule has 1 unspecified atom stereocenters. The Morgan fingerprint density at radius 1 is 1.29 bits per heavy atom. The second-order valence-electron chi connectivity index (χ2n) is 5.23. The summed E-state index contributed by atoms with van der Waals surface area (Å²) in [6, 6.07) is 8.45. The van der Waals surface area contributed by atoms with Gasteiger partial charge in [0, 0.05) is 21.6 Å². The van der Waals surface area contributed by atoms with Crippen molar-refractivity contribution in [2.45, 2.75) is 42.9 Å². The van der Waals surface area contributed by atoms with E-state index >= 15 is 0 Å². The van der Waals surface area contributed by atoms with Gasteiger partial charge in [-0.05, 0) is 30.5 Å². The highest BCUT2D eigenvalue weighted by Gasteiger charge is 2.47. The Kier molecular flexibility index (Phi) is 3.81. The predicted octanol–water partition coefficient (Wildman–Crippen LogP) is 2.96. The van der Waals surface area contributed by atoms with Crippen molar-refractivity contribution in [3.05, 3.63) is 29.8 Å². The highest BCUT2D eigenvalue weighted by atomic mass is 32.2. The molecule has 3 N–H and O–H groups in total. The van der Waals surface area contributed by atoms with Gasteiger partial charge in [-0.15, -0.1) is 11.8 Å². The van der Waals surface area contributed by atoms with E-state index in [1.165, 1.54) is 4.90 Å². The van der Waals surface area contributed by atoms with E-state index in [2.05, 4.69) is 38.1 Å². The Hall–Kier alpha value is -0.510. The van der Waals surface area contributed by atoms with E-state index in [0.717, 1.165) is 18.4 Å².